The molecule has 0 saturated heterocycles. The fourth-order valence-corrected chi connectivity index (χ4v) is 2.12. The first-order chi connectivity index (χ1) is 12.2. The summed E-state index contributed by atoms with van der Waals surface area (Å²) >= 11 is 0. The SMILES string of the molecule is COc1nn(C(C)C(=O)Nc2ccc(C)cc2OC(F)F)cc1[N+](=O)[O-]. The number of amides is 1. The highest BCUT2D eigenvalue weighted by Crippen LogP contribution is 2.29. The van der Waals surface area contributed by atoms with Crippen LogP contribution in [0.1, 0.15) is 18.5 Å². The van der Waals surface area contributed by atoms with Crippen LogP contribution in [-0.2, 0) is 4.79 Å². The molecule has 1 aromatic heterocycles. The number of rotatable bonds is 7. The van der Waals surface area contributed by atoms with Crippen molar-refractivity contribution in [3.8, 4) is 11.6 Å². The van der Waals surface area contributed by atoms with E-state index in [9.17, 15) is 23.7 Å². The van der Waals surface area contributed by atoms with Crippen LogP contribution >= 0.6 is 0 Å². The summed E-state index contributed by atoms with van der Waals surface area (Å²) in [6.07, 6.45) is 1.05. The summed E-state index contributed by atoms with van der Waals surface area (Å²) in [5, 5.41) is 17.2. The Hall–Kier alpha value is -3.24. The summed E-state index contributed by atoms with van der Waals surface area (Å²) < 4.78 is 35.3. The molecule has 140 valence electrons. The zero-order valence-electron chi connectivity index (χ0n) is 14.1. The number of methoxy groups -OCH3 is 1. The van der Waals surface area contributed by atoms with E-state index < -0.39 is 29.2 Å². The second kappa shape index (κ2) is 7.76. The summed E-state index contributed by atoms with van der Waals surface area (Å²) in [6.45, 7) is 0.0672. The van der Waals surface area contributed by atoms with Gasteiger partial charge in [-0.1, -0.05) is 6.07 Å². The number of carbonyl (C=O) groups is 1. The zero-order valence-corrected chi connectivity index (χ0v) is 14.1. The van der Waals surface area contributed by atoms with Gasteiger partial charge in [0.1, 0.15) is 18.0 Å². The lowest BCUT2D eigenvalue weighted by atomic mass is 10.2. The Kier molecular flexibility index (Phi) is 5.70. The van der Waals surface area contributed by atoms with Crippen molar-refractivity contribution in [3.63, 3.8) is 0 Å². The van der Waals surface area contributed by atoms with Crippen molar-refractivity contribution in [2.45, 2.75) is 26.5 Å². The number of aromatic nitrogens is 2. The second-order valence-corrected chi connectivity index (χ2v) is 5.30. The summed E-state index contributed by atoms with van der Waals surface area (Å²) in [4.78, 5) is 22.6. The molecular formula is C15H16F2N4O5. The third-order valence-electron chi connectivity index (χ3n) is 3.46. The topological polar surface area (TPSA) is 109 Å². The molecule has 0 radical (unpaired) electrons. The smallest absolute Gasteiger partial charge is 0.387 e. The molecule has 2 rings (SSSR count). The van der Waals surface area contributed by atoms with Crippen molar-refractivity contribution < 1.29 is 28.0 Å². The molecule has 0 aliphatic carbocycles. The van der Waals surface area contributed by atoms with Crippen molar-refractivity contribution in [1.29, 1.82) is 0 Å². The van der Waals surface area contributed by atoms with E-state index in [1.807, 2.05) is 0 Å². The van der Waals surface area contributed by atoms with Gasteiger partial charge < -0.3 is 14.8 Å². The third-order valence-corrected chi connectivity index (χ3v) is 3.46. The Morgan fingerprint density at radius 3 is 2.65 bits per heavy atom. The van der Waals surface area contributed by atoms with E-state index in [-0.39, 0.29) is 17.3 Å². The maximum atomic E-state index is 12.5. The van der Waals surface area contributed by atoms with Gasteiger partial charge >= 0.3 is 18.2 Å². The van der Waals surface area contributed by atoms with E-state index in [1.54, 1.807) is 13.0 Å². The monoisotopic (exact) mass is 370 g/mol. The van der Waals surface area contributed by atoms with Crippen LogP contribution in [0.25, 0.3) is 0 Å². The van der Waals surface area contributed by atoms with Gasteiger partial charge in [0.2, 0.25) is 5.91 Å². The van der Waals surface area contributed by atoms with Gasteiger partial charge in [-0.3, -0.25) is 14.9 Å². The number of nitro groups is 1. The van der Waals surface area contributed by atoms with Gasteiger partial charge in [-0.2, -0.15) is 8.78 Å². The second-order valence-electron chi connectivity index (χ2n) is 5.30. The minimum Gasteiger partial charge on any atom is -0.475 e. The largest absolute Gasteiger partial charge is 0.475 e. The molecule has 0 spiro atoms. The maximum Gasteiger partial charge on any atom is 0.387 e. The molecule has 0 aliphatic rings. The van der Waals surface area contributed by atoms with Crippen LogP contribution in [0.4, 0.5) is 20.2 Å². The standard InChI is InChI=1S/C15H16F2N4O5/c1-8-4-5-10(12(6-8)26-15(16)17)18-13(22)9(2)20-7-11(21(23)24)14(19-20)25-3/h4-7,9,15H,1-3H3,(H,18,22). The van der Waals surface area contributed by atoms with Gasteiger partial charge in [0.25, 0.3) is 0 Å². The molecule has 1 aromatic carbocycles. The molecule has 0 aliphatic heterocycles. The zero-order chi connectivity index (χ0) is 19.4. The average Bonchev–Trinajstić information content (AvgIpc) is 3.00. The Morgan fingerprint density at radius 1 is 1.42 bits per heavy atom. The number of anilines is 1. The summed E-state index contributed by atoms with van der Waals surface area (Å²) in [5.74, 6) is -1.07. The van der Waals surface area contributed by atoms with Crippen LogP contribution in [0, 0.1) is 17.0 Å². The number of carbonyl (C=O) groups excluding carboxylic acids is 1. The number of nitrogens with one attached hydrogen (secondary N) is 1. The number of hydrogen-bond acceptors (Lipinski definition) is 6. The molecular weight excluding hydrogens is 354 g/mol. The molecule has 2 aromatic rings. The fourth-order valence-electron chi connectivity index (χ4n) is 2.12. The van der Waals surface area contributed by atoms with Crippen LogP contribution in [0.5, 0.6) is 11.6 Å². The Balaban J connectivity index is 2.23. The molecule has 1 unspecified atom stereocenters. The number of hydrogen-bond donors (Lipinski definition) is 1. The lowest BCUT2D eigenvalue weighted by Crippen LogP contribution is -2.24. The van der Waals surface area contributed by atoms with Crippen LogP contribution in [0.15, 0.2) is 24.4 Å². The summed E-state index contributed by atoms with van der Waals surface area (Å²) in [5.41, 5.74) is 0.310. The van der Waals surface area contributed by atoms with Crippen molar-refractivity contribution in [2.24, 2.45) is 0 Å². The van der Waals surface area contributed by atoms with E-state index in [4.69, 9.17) is 4.74 Å². The molecule has 1 N–H and O–H groups in total. The molecule has 1 amide bonds. The normalized spacial score (nSPS) is 11.9. The first kappa shape index (κ1) is 19.1. The Morgan fingerprint density at radius 2 is 2.12 bits per heavy atom. The first-order valence-electron chi connectivity index (χ1n) is 7.36. The predicted molar refractivity (Wildman–Crippen MR) is 86.6 cm³/mol. The number of ether oxygens (including phenoxy) is 2. The number of aryl methyl sites for hydroxylation is 1. The van der Waals surface area contributed by atoms with E-state index in [1.165, 1.54) is 26.2 Å². The highest BCUT2D eigenvalue weighted by molar-refractivity contribution is 5.94. The number of benzene rings is 1. The van der Waals surface area contributed by atoms with E-state index in [0.717, 1.165) is 10.9 Å². The van der Waals surface area contributed by atoms with E-state index in [0.29, 0.717) is 5.56 Å². The number of nitrogens with zero attached hydrogens (tertiary/aromatic N) is 3. The fraction of sp³-hybridized carbons (Fsp3) is 0.333. The Labute approximate surface area is 146 Å². The van der Waals surface area contributed by atoms with Gasteiger partial charge in [-0.15, -0.1) is 5.10 Å². The first-order valence-corrected chi connectivity index (χ1v) is 7.36. The van der Waals surface area contributed by atoms with Crippen LogP contribution < -0.4 is 14.8 Å². The predicted octanol–water partition coefficient (Wildman–Crippen LogP) is 2.91. The van der Waals surface area contributed by atoms with Crippen molar-refractivity contribution >= 4 is 17.3 Å². The molecule has 11 heteroatoms. The molecule has 26 heavy (non-hydrogen) atoms. The van der Waals surface area contributed by atoms with Crippen LogP contribution in [0.3, 0.4) is 0 Å². The summed E-state index contributed by atoms with van der Waals surface area (Å²) in [6, 6.07) is 3.41. The molecule has 0 bridgehead atoms. The minimum absolute atomic E-state index is 0.0429. The van der Waals surface area contributed by atoms with Gasteiger partial charge in [0.15, 0.2) is 0 Å². The van der Waals surface area contributed by atoms with Crippen molar-refractivity contribution in [2.75, 3.05) is 12.4 Å². The molecule has 0 saturated carbocycles. The summed E-state index contributed by atoms with van der Waals surface area (Å²) in [7, 11) is 1.21. The average molecular weight is 370 g/mol. The highest BCUT2D eigenvalue weighted by Gasteiger charge is 2.25. The highest BCUT2D eigenvalue weighted by atomic mass is 19.3. The number of halogens is 2. The molecule has 9 nitrogen and oxygen atoms in total. The lowest BCUT2D eigenvalue weighted by Gasteiger charge is -2.15. The van der Waals surface area contributed by atoms with Crippen molar-refractivity contribution in [1.82, 2.24) is 9.78 Å². The van der Waals surface area contributed by atoms with Crippen LogP contribution in [0.2, 0.25) is 0 Å². The third kappa shape index (κ3) is 4.23. The lowest BCUT2D eigenvalue weighted by molar-refractivity contribution is -0.385. The number of alkyl halides is 2. The molecule has 1 heterocycles. The minimum atomic E-state index is -3.05. The van der Waals surface area contributed by atoms with Crippen molar-refractivity contribution in [3.05, 3.63) is 40.1 Å². The molecule has 1 atom stereocenters. The van der Waals surface area contributed by atoms with Gasteiger partial charge in [-0.05, 0) is 31.5 Å². The van der Waals surface area contributed by atoms with Gasteiger partial charge in [0, 0.05) is 0 Å². The molecule has 0 fully saturated rings. The maximum absolute atomic E-state index is 12.5. The van der Waals surface area contributed by atoms with Gasteiger partial charge in [-0.25, -0.2) is 4.68 Å². The van der Waals surface area contributed by atoms with E-state index in [2.05, 4.69) is 15.2 Å². The quantitative estimate of drug-likeness (QED) is 0.593. The van der Waals surface area contributed by atoms with Crippen LogP contribution in [-0.4, -0.2) is 34.3 Å². The Bertz CT molecular complexity index is 824. The van der Waals surface area contributed by atoms with E-state index >= 15 is 0 Å². The van der Waals surface area contributed by atoms with Gasteiger partial charge in [0.05, 0.1) is 17.7 Å².